The maximum atomic E-state index is 10.8. The zero-order chi connectivity index (χ0) is 10.1. The smallest absolute Gasteiger partial charge is 0.341 e. The summed E-state index contributed by atoms with van der Waals surface area (Å²) in [4.78, 5) is 10.8. The fraction of sp³-hybridized carbons (Fsp3) is 0.111. The molecular formula is C9H7N3O2. The Morgan fingerprint density at radius 1 is 1.64 bits per heavy atom. The first-order valence-corrected chi connectivity index (χ1v) is 3.93. The number of fused-ring (bicyclic) bond motifs is 1. The highest BCUT2D eigenvalue weighted by Crippen LogP contribution is 2.11. The highest BCUT2D eigenvalue weighted by molar-refractivity contribution is 5.94. The summed E-state index contributed by atoms with van der Waals surface area (Å²) in [5.74, 6) is 1.44. The predicted octanol–water partition coefficient (Wildman–Crippen LogP) is 0.467. The van der Waals surface area contributed by atoms with Gasteiger partial charge in [0, 0.05) is 12.4 Å². The van der Waals surface area contributed by atoms with E-state index in [1.54, 1.807) is 17.0 Å². The van der Waals surface area contributed by atoms with Crippen LogP contribution in [0, 0.1) is 12.3 Å². The Kier molecular flexibility index (Phi) is 1.75. The number of carboxylic acids is 1. The molecule has 1 N–H and O–H groups in total. The summed E-state index contributed by atoms with van der Waals surface area (Å²) in [6.07, 6.45) is 9.84. The lowest BCUT2D eigenvalue weighted by Gasteiger charge is -1.96. The fourth-order valence-electron chi connectivity index (χ4n) is 1.34. The summed E-state index contributed by atoms with van der Waals surface area (Å²) in [6.45, 7) is 0.336. The molecule has 0 spiro atoms. The van der Waals surface area contributed by atoms with Crippen LogP contribution < -0.4 is 0 Å². The third kappa shape index (κ3) is 1.05. The molecule has 5 heteroatoms. The molecule has 0 radical (unpaired) electrons. The summed E-state index contributed by atoms with van der Waals surface area (Å²) in [5.41, 5.74) is 0.667. The molecule has 0 saturated heterocycles. The number of aromatic nitrogens is 3. The van der Waals surface area contributed by atoms with Crippen LogP contribution in [0.1, 0.15) is 10.4 Å². The zero-order valence-corrected chi connectivity index (χ0v) is 7.21. The minimum Gasteiger partial charge on any atom is -0.477 e. The van der Waals surface area contributed by atoms with Gasteiger partial charge in [-0.05, 0) is 0 Å². The van der Waals surface area contributed by atoms with Gasteiger partial charge in [0.05, 0.1) is 12.7 Å². The van der Waals surface area contributed by atoms with Gasteiger partial charge in [0.25, 0.3) is 0 Å². The van der Waals surface area contributed by atoms with Crippen LogP contribution >= 0.6 is 0 Å². The average Bonchev–Trinajstić information content (AvgIpc) is 2.67. The lowest BCUT2D eigenvalue weighted by molar-refractivity contribution is 0.0698. The molecule has 0 aliphatic heterocycles. The molecule has 14 heavy (non-hydrogen) atoms. The lowest BCUT2D eigenvalue weighted by Crippen LogP contribution is -2.01. The molecular weight excluding hydrogens is 182 g/mol. The van der Waals surface area contributed by atoms with Gasteiger partial charge in [-0.1, -0.05) is 5.92 Å². The Bertz CT molecular complexity index is 530. The van der Waals surface area contributed by atoms with Crippen molar-refractivity contribution in [3.8, 4) is 12.3 Å². The van der Waals surface area contributed by atoms with Gasteiger partial charge in [-0.2, -0.15) is 5.10 Å². The molecule has 0 saturated carbocycles. The molecule has 0 amide bonds. The van der Waals surface area contributed by atoms with Crippen LogP contribution in [0.3, 0.4) is 0 Å². The van der Waals surface area contributed by atoms with E-state index in [0.29, 0.717) is 12.2 Å². The topological polar surface area (TPSA) is 59.5 Å². The maximum Gasteiger partial charge on any atom is 0.341 e. The van der Waals surface area contributed by atoms with Gasteiger partial charge in [-0.25, -0.2) is 9.31 Å². The van der Waals surface area contributed by atoms with E-state index in [0.717, 1.165) is 0 Å². The quantitative estimate of drug-likeness (QED) is 0.698. The first kappa shape index (κ1) is 8.38. The van der Waals surface area contributed by atoms with Crippen molar-refractivity contribution in [2.75, 3.05) is 0 Å². The molecule has 5 nitrogen and oxygen atoms in total. The van der Waals surface area contributed by atoms with Crippen LogP contribution in [-0.2, 0) is 6.54 Å². The van der Waals surface area contributed by atoms with Crippen molar-refractivity contribution in [1.82, 2.24) is 14.2 Å². The Morgan fingerprint density at radius 2 is 2.43 bits per heavy atom. The minimum absolute atomic E-state index is 0.158. The molecule has 0 bridgehead atoms. The van der Waals surface area contributed by atoms with Crippen molar-refractivity contribution < 1.29 is 9.90 Å². The van der Waals surface area contributed by atoms with E-state index in [2.05, 4.69) is 11.0 Å². The summed E-state index contributed by atoms with van der Waals surface area (Å²) >= 11 is 0. The summed E-state index contributed by atoms with van der Waals surface area (Å²) in [7, 11) is 0. The maximum absolute atomic E-state index is 10.8. The number of nitrogens with zero attached hydrogens (tertiary/aromatic N) is 3. The van der Waals surface area contributed by atoms with Gasteiger partial charge in [0.2, 0.25) is 0 Å². The van der Waals surface area contributed by atoms with E-state index in [1.165, 1.54) is 10.7 Å². The van der Waals surface area contributed by atoms with Crippen molar-refractivity contribution in [2.24, 2.45) is 0 Å². The summed E-state index contributed by atoms with van der Waals surface area (Å²) in [6, 6.07) is 0. The van der Waals surface area contributed by atoms with Crippen molar-refractivity contribution in [1.29, 1.82) is 0 Å². The predicted molar refractivity (Wildman–Crippen MR) is 49.0 cm³/mol. The van der Waals surface area contributed by atoms with E-state index in [1.807, 2.05) is 0 Å². The minimum atomic E-state index is -1.00. The van der Waals surface area contributed by atoms with Gasteiger partial charge < -0.3 is 9.67 Å². The van der Waals surface area contributed by atoms with Gasteiger partial charge in [0.15, 0.2) is 5.65 Å². The monoisotopic (exact) mass is 189 g/mol. The molecule has 0 aliphatic carbocycles. The Morgan fingerprint density at radius 3 is 3.07 bits per heavy atom. The Labute approximate surface area is 79.6 Å². The number of terminal acetylenes is 1. The number of rotatable bonds is 2. The number of carbonyl (C=O) groups is 1. The molecule has 2 aromatic rings. The van der Waals surface area contributed by atoms with Crippen molar-refractivity contribution in [3.63, 3.8) is 0 Å². The van der Waals surface area contributed by atoms with E-state index in [9.17, 15) is 4.79 Å². The van der Waals surface area contributed by atoms with Gasteiger partial charge >= 0.3 is 5.97 Å². The number of aromatic carboxylic acids is 1. The standard InChI is InChI=1S/C9H7N3O2/c1-2-3-11-4-5-12-8(11)7(6-10-12)9(13)14/h1,4-6H,3H2,(H,13,14). The highest BCUT2D eigenvalue weighted by Gasteiger charge is 2.14. The van der Waals surface area contributed by atoms with Crippen LogP contribution in [0.15, 0.2) is 18.6 Å². The van der Waals surface area contributed by atoms with E-state index < -0.39 is 5.97 Å². The Balaban J connectivity index is 2.68. The van der Waals surface area contributed by atoms with E-state index in [-0.39, 0.29) is 5.56 Å². The molecule has 2 rings (SSSR count). The zero-order valence-electron chi connectivity index (χ0n) is 7.21. The summed E-state index contributed by atoms with van der Waals surface area (Å²) in [5, 5.41) is 12.8. The molecule has 2 aromatic heterocycles. The van der Waals surface area contributed by atoms with Crippen LogP contribution in [0.25, 0.3) is 5.65 Å². The number of hydrogen-bond acceptors (Lipinski definition) is 2. The first-order valence-electron chi connectivity index (χ1n) is 3.93. The molecule has 0 unspecified atom stereocenters. The Hall–Kier alpha value is -2.22. The molecule has 0 atom stereocenters. The van der Waals surface area contributed by atoms with Crippen molar-refractivity contribution >= 4 is 11.6 Å². The van der Waals surface area contributed by atoms with Crippen LogP contribution in [0.5, 0.6) is 0 Å². The lowest BCUT2D eigenvalue weighted by atomic mass is 10.3. The molecule has 0 aromatic carbocycles. The van der Waals surface area contributed by atoms with Gasteiger partial charge in [0.1, 0.15) is 5.56 Å². The second kappa shape index (κ2) is 2.92. The van der Waals surface area contributed by atoms with Crippen molar-refractivity contribution in [2.45, 2.75) is 6.54 Å². The number of imidazole rings is 1. The fourth-order valence-corrected chi connectivity index (χ4v) is 1.34. The van der Waals surface area contributed by atoms with Gasteiger partial charge in [-0.15, -0.1) is 6.42 Å². The molecule has 0 fully saturated rings. The average molecular weight is 189 g/mol. The normalized spacial score (nSPS) is 10.2. The second-order valence-electron chi connectivity index (χ2n) is 2.76. The van der Waals surface area contributed by atoms with Crippen LogP contribution in [-0.4, -0.2) is 25.3 Å². The second-order valence-corrected chi connectivity index (χ2v) is 2.76. The van der Waals surface area contributed by atoms with E-state index in [4.69, 9.17) is 11.5 Å². The van der Waals surface area contributed by atoms with Crippen LogP contribution in [0.2, 0.25) is 0 Å². The molecule has 70 valence electrons. The first-order chi connectivity index (χ1) is 6.74. The highest BCUT2D eigenvalue weighted by atomic mass is 16.4. The van der Waals surface area contributed by atoms with Gasteiger partial charge in [-0.3, -0.25) is 0 Å². The summed E-state index contributed by atoms with van der Waals surface area (Å²) < 4.78 is 3.15. The number of hydrogen-bond donors (Lipinski definition) is 1. The van der Waals surface area contributed by atoms with Crippen LogP contribution in [0.4, 0.5) is 0 Å². The molecule has 2 heterocycles. The third-order valence-electron chi connectivity index (χ3n) is 1.92. The van der Waals surface area contributed by atoms with Crippen molar-refractivity contribution in [3.05, 3.63) is 24.2 Å². The largest absolute Gasteiger partial charge is 0.477 e. The number of carboxylic acid groups (broad SMARTS) is 1. The molecule has 0 aliphatic rings. The SMILES string of the molecule is C#CCn1ccn2ncc(C(=O)O)c12. The third-order valence-corrected chi connectivity index (χ3v) is 1.92. The van der Waals surface area contributed by atoms with E-state index >= 15 is 0 Å².